The quantitative estimate of drug-likeness (QED) is 0.177. The minimum atomic E-state index is 0.889. The topological polar surface area (TPSA) is 39.5 Å². The van der Waals surface area contributed by atoms with Crippen LogP contribution in [0, 0.1) is 0 Å². The molecule has 59 heavy (non-hydrogen) atoms. The van der Waals surface area contributed by atoms with Gasteiger partial charge in [0.25, 0.3) is 0 Å². The molecule has 6 aromatic heterocycles. The molecule has 270 valence electrons. The summed E-state index contributed by atoms with van der Waals surface area (Å²) in [5, 5.41) is 14.5. The van der Waals surface area contributed by atoms with Crippen molar-refractivity contribution in [2.45, 2.75) is 0 Å². The summed E-state index contributed by atoms with van der Waals surface area (Å²) in [6.07, 6.45) is 0. The summed E-state index contributed by atoms with van der Waals surface area (Å²) in [6.45, 7) is 0. The maximum absolute atomic E-state index is 5.74. The number of nitrogens with zero attached hydrogens (tertiary/aromatic N) is 5. The molecule has 0 aliphatic rings. The standard InChI is InChI=1S/C54H29N5/c1-2-15-33(16-3-1)57-43-23-10-9-20-37(43)41-28-32(25-26-45(41)57)40-27-30-13-4-6-17-34(30)46-42-29-31-14-5-7-18-35(31)47-49-54(59(51(40)46)52(42)47)55-48-39-22-12-21-38-36-19-8-11-24-44(36)58(50(38)39)53(48)56-49/h1-29H. The molecule has 0 saturated carbocycles. The molecule has 5 nitrogen and oxygen atoms in total. The van der Waals surface area contributed by atoms with Crippen molar-refractivity contribution in [1.82, 2.24) is 23.3 Å². The highest BCUT2D eigenvalue weighted by Crippen LogP contribution is 2.49. The number of hydrogen-bond acceptors (Lipinski definition) is 2. The third-order valence-electron chi connectivity index (χ3n) is 13.2. The second-order valence-electron chi connectivity index (χ2n) is 16.1. The summed E-state index contributed by atoms with van der Waals surface area (Å²) in [7, 11) is 0. The Hall–Kier alpha value is -8.02. The lowest BCUT2D eigenvalue weighted by Crippen LogP contribution is -1.93. The zero-order valence-corrected chi connectivity index (χ0v) is 31.5. The van der Waals surface area contributed by atoms with Crippen molar-refractivity contribution in [1.29, 1.82) is 0 Å². The fraction of sp³-hybridized carbons (Fsp3) is 0. The Balaban J connectivity index is 1.15. The molecule has 15 aromatic rings. The number of benzene rings is 9. The van der Waals surface area contributed by atoms with Crippen molar-refractivity contribution in [3.8, 4) is 16.8 Å². The highest BCUT2D eigenvalue weighted by molar-refractivity contribution is 6.36. The molecule has 0 aliphatic heterocycles. The molecule has 0 saturated heterocycles. The van der Waals surface area contributed by atoms with Gasteiger partial charge in [0.15, 0.2) is 11.3 Å². The Morgan fingerprint density at radius 2 is 0.949 bits per heavy atom. The minimum Gasteiger partial charge on any atom is -0.309 e. The molecule has 0 unspecified atom stereocenters. The summed E-state index contributed by atoms with van der Waals surface area (Å²) in [5.41, 5.74) is 14.2. The molecule has 9 aromatic carbocycles. The highest BCUT2D eigenvalue weighted by Gasteiger charge is 2.28. The van der Waals surface area contributed by atoms with E-state index in [9.17, 15) is 0 Å². The molecule has 0 spiro atoms. The molecular weight excluding hydrogens is 719 g/mol. The van der Waals surface area contributed by atoms with Crippen LogP contribution in [0.3, 0.4) is 0 Å². The lowest BCUT2D eigenvalue weighted by atomic mass is 9.94. The number of para-hydroxylation sites is 4. The summed E-state index contributed by atoms with van der Waals surface area (Å²) in [6, 6.07) is 64.3. The first-order valence-corrected chi connectivity index (χ1v) is 20.3. The fourth-order valence-electron chi connectivity index (χ4n) is 10.9. The highest BCUT2D eigenvalue weighted by atomic mass is 15.1. The predicted octanol–water partition coefficient (Wildman–Crippen LogP) is 13.8. The largest absolute Gasteiger partial charge is 0.309 e. The smallest absolute Gasteiger partial charge is 0.165 e. The van der Waals surface area contributed by atoms with Gasteiger partial charge in [0.2, 0.25) is 0 Å². The summed E-state index contributed by atoms with van der Waals surface area (Å²) in [5.74, 6) is 0. The Morgan fingerprint density at radius 3 is 1.78 bits per heavy atom. The average Bonchev–Trinajstić information content (AvgIpc) is 4.08. The van der Waals surface area contributed by atoms with Gasteiger partial charge in [-0.2, -0.15) is 0 Å². The Bertz CT molecular complexity index is 4300. The van der Waals surface area contributed by atoms with E-state index >= 15 is 0 Å². The average molecular weight is 748 g/mol. The fourth-order valence-corrected chi connectivity index (χ4v) is 10.9. The van der Waals surface area contributed by atoms with Crippen LogP contribution in [-0.4, -0.2) is 23.3 Å². The molecular formula is C54H29N5. The van der Waals surface area contributed by atoms with Gasteiger partial charge in [0.1, 0.15) is 11.0 Å². The number of fused-ring (bicyclic) bond motifs is 19. The molecule has 5 heteroatoms. The van der Waals surface area contributed by atoms with Gasteiger partial charge < -0.3 is 4.57 Å². The van der Waals surface area contributed by atoms with E-state index in [1.807, 2.05) is 0 Å². The lowest BCUT2D eigenvalue weighted by Gasteiger charge is -2.11. The van der Waals surface area contributed by atoms with Crippen molar-refractivity contribution in [2.24, 2.45) is 0 Å². The van der Waals surface area contributed by atoms with E-state index in [1.165, 1.54) is 87.1 Å². The summed E-state index contributed by atoms with van der Waals surface area (Å²) in [4.78, 5) is 11.5. The third kappa shape index (κ3) is 3.59. The van der Waals surface area contributed by atoms with Gasteiger partial charge in [-0.25, -0.2) is 9.97 Å². The second-order valence-corrected chi connectivity index (χ2v) is 16.1. The molecule has 6 heterocycles. The maximum atomic E-state index is 5.74. The van der Waals surface area contributed by atoms with Crippen molar-refractivity contribution < 1.29 is 0 Å². The molecule has 0 N–H and O–H groups in total. The second kappa shape index (κ2) is 10.5. The number of rotatable bonds is 2. The van der Waals surface area contributed by atoms with E-state index in [1.54, 1.807) is 0 Å². The summed E-state index contributed by atoms with van der Waals surface area (Å²) < 4.78 is 7.19. The first-order valence-electron chi connectivity index (χ1n) is 20.3. The molecule has 0 atom stereocenters. The van der Waals surface area contributed by atoms with Crippen molar-refractivity contribution in [3.05, 3.63) is 176 Å². The number of aromatic nitrogens is 5. The van der Waals surface area contributed by atoms with Gasteiger partial charge in [-0.15, -0.1) is 0 Å². The molecule has 0 amide bonds. The summed E-state index contributed by atoms with van der Waals surface area (Å²) >= 11 is 0. The first kappa shape index (κ1) is 30.2. The van der Waals surface area contributed by atoms with Crippen LogP contribution in [0.2, 0.25) is 0 Å². The van der Waals surface area contributed by atoms with Crippen LogP contribution in [0.15, 0.2) is 176 Å². The monoisotopic (exact) mass is 747 g/mol. The number of hydrogen-bond donors (Lipinski definition) is 0. The van der Waals surface area contributed by atoms with Gasteiger partial charge in [0, 0.05) is 54.3 Å². The van der Waals surface area contributed by atoms with Crippen LogP contribution in [0.25, 0.3) is 137 Å². The Morgan fingerprint density at radius 1 is 0.339 bits per heavy atom. The van der Waals surface area contributed by atoms with Crippen molar-refractivity contribution >= 4 is 120 Å². The molecule has 0 radical (unpaired) electrons. The molecule has 0 fully saturated rings. The van der Waals surface area contributed by atoms with Crippen LogP contribution < -0.4 is 0 Å². The first-order chi connectivity index (χ1) is 29.3. The SMILES string of the molecule is c1ccc(-n2c3ccccc3c3cc(-c4cc5ccccc5c5c6cc7ccccc7c7c8nc9c(nc8n(c45)c67)c4cccc5c6ccccc6n9c54)ccc32)cc1. The Labute approximate surface area is 334 Å². The molecule has 0 bridgehead atoms. The third-order valence-corrected chi connectivity index (χ3v) is 13.2. The van der Waals surface area contributed by atoms with E-state index in [0.29, 0.717) is 0 Å². The van der Waals surface area contributed by atoms with Gasteiger partial charge in [-0.05, 0) is 75.6 Å². The van der Waals surface area contributed by atoms with Crippen molar-refractivity contribution in [2.75, 3.05) is 0 Å². The van der Waals surface area contributed by atoms with E-state index in [0.717, 1.165) is 49.8 Å². The maximum Gasteiger partial charge on any atom is 0.165 e. The zero-order valence-electron chi connectivity index (χ0n) is 31.5. The van der Waals surface area contributed by atoms with Gasteiger partial charge in [-0.1, -0.05) is 127 Å². The normalized spacial score (nSPS) is 12.7. The molecule has 15 rings (SSSR count). The van der Waals surface area contributed by atoms with Crippen LogP contribution in [0.5, 0.6) is 0 Å². The van der Waals surface area contributed by atoms with E-state index < -0.39 is 0 Å². The minimum absolute atomic E-state index is 0.889. The zero-order chi connectivity index (χ0) is 38.1. The Kier molecular flexibility index (Phi) is 5.36. The van der Waals surface area contributed by atoms with Crippen LogP contribution in [-0.2, 0) is 0 Å². The van der Waals surface area contributed by atoms with Crippen LogP contribution >= 0.6 is 0 Å². The predicted molar refractivity (Wildman–Crippen MR) is 246 cm³/mol. The lowest BCUT2D eigenvalue weighted by molar-refractivity contribution is 1.18. The van der Waals surface area contributed by atoms with Crippen molar-refractivity contribution in [3.63, 3.8) is 0 Å². The van der Waals surface area contributed by atoms with Crippen LogP contribution in [0.4, 0.5) is 0 Å². The van der Waals surface area contributed by atoms with Gasteiger partial charge >= 0.3 is 0 Å². The van der Waals surface area contributed by atoms with E-state index in [-0.39, 0.29) is 0 Å². The van der Waals surface area contributed by atoms with Gasteiger partial charge in [-0.3, -0.25) is 8.80 Å². The molecule has 0 aliphatic carbocycles. The van der Waals surface area contributed by atoms with E-state index in [4.69, 9.17) is 9.97 Å². The van der Waals surface area contributed by atoms with E-state index in [2.05, 4.69) is 189 Å². The van der Waals surface area contributed by atoms with Gasteiger partial charge in [0.05, 0.1) is 33.1 Å². The van der Waals surface area contributed by atoms with Crippen LogP contribution in [0.1, 0.15) is 0 Å².